The molecule has 0 aliphatic carbocycles. The highest BCUT2D eigenvalue weighted by atomic mass is 32.2. The first-order valence-electron chi connectivity index (χ1n) is 7.30. The molecule has 6 nitrogen and oxygen atoms in total. The van der Waals surface area contributed by atoms with Crippen LogP contribution in [0.15, 0.2) is 55.7 Å². The maximum absolute atomic E-state index is 12.1. The van der Waals surface area contributed by atoms with Crippen molar-refractivity contribution in [2.75, 3.05) is 6.54 Å². The van der Waals surface area contributed by atoms with Crippen molar-refractivity contribution < 1.29 is 18.8 Å². The Morgan fingerprint density at radius 3 is 2.64 bits per heavy atom. The van der Waals surface area contributed by atoms with Gasteiger partial charge in [-0.15, -0.1) is 0 Å². The third-order valence-corrected chi connectivity index (χ3v) is 5.14. The number of carbonyl (C=O) groups excluding carboxylic acids is 3. The fourth-order valence-corrected chi connectivity index (χ4v) is 3.71. The number of primary amides is 1. The van der Waals surface area contributed by atoms with Crippen molar-refractivity contribution in [2.24, 2.45) is 5.73 Å². The Kier molecular flexibility index (Phi) is 5.00. The molecule has 0 saturated carbocycles. The predicted octanol–water partition coefficient (Wildman–Crippen LogP) is 3.26. The smallest absolute Gasteiger partial charge is 0.294 e. The van der Waals surface area contributed by atoms with E-state index in [-0.39, 0.29) is 4.91 Å². The van der Waals surface area contributed by atoms with Gasteiger partial charge in [0.1, 0.15) is 12.3 Å². The summed E-state index contributed by atoms with van der Waals surface area (Å²) < 4.78 is 5.68. The summed E-state index contributed by atoms with van der Waals surface area (Å²) in [5.74, 6) is -0.824. The number of thioether (sulfide) groups is 1. The summed E-state index contributed by atoms with van der Waals surface area (Å²) in [6, 6.07) is 11.5. The van der Waals surface area contributed by atoms with Crippen LogP contribution in [0.1, 0.15) is 11.3 Å². The molecule has 1 aromatic carbocycles. The molecule has 2 aromatic rings. The summed E-state index contributed by atoms with van der Waals surface area (Å²) in [6.45, 7) is 1.60. The Morgan fingerprint density at radius 2 is 1.96 bits per heavy atom. The van der Waals surface area contributed by atoms with Crippen molar-refractivity contribution in [3.05, 3.63) is 52.6 Å². The average molecular weight is 374 g/mol. The zero-order chi connectivity index (χ0) is 18.0. The molecule has 0 atom stereocenters. The average Bonchev–Trinajstić information content (AvgIpc) is 3.09. The molecule has 3 amide bonds. The minimum atomic E-state index is -0.738. The third kappa shape index (κ3) is 4.15. The highest BCUT2D eigenvalue weighted by molar-refractivity contribution is 8.18. The molecule has 8 heteroatoms. The molecule has 128 valence electrons. The molecule has 0 unspecified atom stereocenters. The molecule has 1 aliphatic heterocycles. The fraction of sp³-hybridized carbons (Fsp3) is 0.118. The van der Waals surface area contributed by atoms with Crippen LogP contribution in [0.2, 0.25) is 0 Å². The van der Waals surface area contributed by atoms with Gasteiger partial charge in [-0.05, 0) is 43.0 Å². The second kappa shape index (κ2) is 7.20. The van der Waals surface area contributed by atoms with E-state index in [0.717, 1.165) is 21.6 Å². The molecule has 0 spiro atoms. The zero-order valence-electron chi connectivity index (χ0n) is 13.2. The summed E-state index contributed by atoms with van der Waals surface area (Å²) in [6.07, 6.45) is 1.49. The third-order valence-electron chi connectivity index (χ3n) is 3.30. The fourth-order valence-electron chi connectivity index (χ4n) is 2.11. The van der Waals surface area contributed by atoms with E-state index < -0.39 is 23.6 Å². The first-order valence-corrected chi connectivity index (χ1v) is 8.94. The van der Waals surface area contributed by atoms with E-state index in [9.17, 15) is 14.4 Å². The number of nitrogens with zero attached hydrogens (tertiary/aromatic N) is 1. The van der Waals surface area contributed by atoms with Crippen LogP contribution in [0, 0.1) is 6.92 Å². The zero-order valence-corrected chi connectivity index (χ0v) is 14.9. The van der Waals surface area contributed by atoms with Crippen LogP contribution in [0.3, 0.4) is 0 Å². The number of benzene rings is 1. The quantitative estimate of drug-likeness (QED) is 0.808. The summed E-state index contributed by atoms with van der Waals surface area (Å²) in [4.78, 5) is 36.9. The molecule has 25 heavy (non-hydrogen) atoms. The van der Waals surface area contributed by atoms with Gasteiger partial charge in [-0.3, -0.25) is 19.3 Å². The van der Waals surface area contributed by atoms with Gasteiger partial charge in [0.25, 0.3) is 11.1 Å². The molecule has 0 bridgehead atoms. The first-order chi connectivity index (χ1) is 11.9. The molecule has 0 radical (unpaired) electrons. The lowest BCUT2D eigenvalue weighted by Crippen LogP contribution is -2.36. The summed E-state index contributed by atoms with van der Waals surface area (Å²) >= 11 is 2.22. The monoisotopic (exact) mass is 374 g/mol. The summed E-state index contributed by atoms with van der Waals surface area (Å²) in [5, 5.41) is 0.155. The minimum Gasteiger partial charge on any atom is -0.450 e. The van der Waals surface area contributed by atoms with E-state index in [4.69, 9.17) is 10.2 Å². The van der Waals surface area contributed by atoms with E-state index in [2.05, 4.69) is 0 Å². The molecule has 1 saturated heterocycles. The van der Waals surface area contributed by atoms with E-state index in [1.54, 1.807) is 12.1 Å². The van der Waals surface area contributed by atoms with E-state index in [1.807, 2.05) is 31.2 Å². The van der Waals surface area contributed by atoms with Crippen LogP contribution in [-0.2, 0) is 9.59 Å². The molecular weight excluding hydrogens is 360 g/mol. The van der Waals surface area contributed by atoms with Crippen LogP contribution >= 0.6 is 23.5 Å². The normalized spacial score (nSPS) is 16.0. The molecule has 1 aromatic heterocycles. The topological polar surface area (TPSA) is 93.6 Å². The SMILES string of the molecule is Cc1ccc(Sc2ccc(/C=C3\SC(=O)N(CC(N)=O)C3=O)o2)cc1. The second-order valence-corrected chi connectivity index (χ2v) is 7.38. The Hall–Kier alpha value is -2.45. The van der Waals surface area contributed by atoms with Crippen LogP contribution in [-0.4, -0.2) is 28.5 Å². The van der Waals surface area contributed by atoms with Gasteiger partial charge in [0, 0.05) is 11.0 Å². The first kappa shape index (κ1) is 17.4. The van der Waals surface area contributed by atoms with Crippen LogP contribution in [0.25, 0.3) is 6.08 Å². The molecular formula is C17H14N2O4S2. The van der Waals surface area contributed by atoms with Gasteiger partial charge in [0.15, 0.2) is 5.09 Å². The molecule has 3 rings (SSSR count). The number of carbonyl (C=O) groups is 3. The maximum atomic E-state index is 12.1. The lowest BCUT2D eigenvalue weighted by Gasteiger charge is -2.08. The molecule has 1 fully saturated rings. The Labute approximate surface area is 152 Å². The van der Waals surface area contributed by atoms with Crippen LogP contribution < -0.4 is 5.73 Å². The molecule has 1 aliphatic rings. The minimum absolute atomic E-state index is 0.201. The number of hydrogen-bond donors (Lipinski definition) is 1. The Balaban J connectivity index is 1.73. The lowest BCUT2D eigenvalue weighted by molar-refractivity contribution is -0.127. The van der Waals surface area contributed by atoms with Gasteiger partial charge >= 0.3 is 0 Å². The van der Waals surface area contributed by atoms with Crippen molar-refractivity contribution in [1.29, 1.82) is 0 Å². The molecule has 2 N–H and O–H groups in total. The standard InChI is InChI=1S/C17H14N2O4S2/c1-10-2-5-12(6-3-10)24-15-7-4-11(23-15)8-13-16(21)19(9-14(18)20)17(22)25-13/h2-8H,9H2,1H3,(H2,18,20)/b13-8-. The number of amides is 3. The summed E-state index contributed by atoms with van der Waals surface area (Å²) in [7, 11) is 0. The Morgan fingerprint density at radius 1 is 1.24 bits per heavy atom. The molecule has 2 heterocycles. The highest BCUT2D eigenvalue weighted by Gasteiger charge is 2.36. The number of hydrogen-bond acceptors (Lipinski definition) is 6. The van der Waals surface area contributed by atoms with Crippen molar-refractivity contribution in [3.8, 4) is 0 Å². The number of furan rings is 1. The van der Waals surface area contributed by atoms with E-state index in [1.165, 1.54) is 23.4 Å². The van der Waals surface area contributed by atoms with Crippen molar-refractivity contribution >= 4 is 46.7 Å². The van der Waals surface area contributed by atoms with Gasteiger partial charge in [-0.2, -0.15) is 0 Å². The van der Waals surface area contributed by atoms with Crippen molar-refractivity contribution in [3.63, 3.8) is 0 Å². The van der Waals surface area contributed by atoms with Crippen LogP contribution in [0.4, 0.5) is 4.79 Å². The predicted molar refractivity (Wildman–Crippen MR) is 95.9 cm³/mol. The van der Waals surface area contributed by atoms with Gasteiger partial charge in [0.2, 0.25) is 5.91 Å². The number of imide groups is 1. The van der Waals surface area contributed by atoms with Crippen molar-refractivity contribution in [1.82, 2.24) is 4.90 Å². The second-order valence-electron chi connectivity index (χ2n) is 5.31. The van der Waals surface area contributed by atoms with Crippen molar-refractivity contribution in [2.45, 2.75) is 16.9 Å². The maximum Gasteiger partial charge on any atom is 0.294 e. The lowest BCUT2D eigenvalue weighted by atomic mass is 10.2. The van der Waals surface area contributed by atoms with Gasteiger partial charge in [-0.1, -0.05) is 29.5 Å². The Bertz CT molecular complexity index is 871. The number of nitrogens with two attached hydrogens (primary N) is 1. The largest absolute Gasteiger partial charge is 0.450 e. The van der Waals surface area contributed by atoms with Gasteiger partial charge in [0.05, 0.1) is 4.91 Å². The van der Waals surface area contributed by atoms with E-state index in [0.29, 0.717) is 10.9 Å². The number of aryl methyl sites for hydroxylation is 1. The summed E-state index contributed by atoms with van der Waals surface area (Å²) in [5.41, 5.74) is 6.22. The van der Waals surface area contributed by atoms with Gasteiger partial charge < -0.3 is 10.2 Å². The number of rotatable bonds is 5. The van der Waals surface area contributed by atoms with Crippen LogP contribution in [0.5, 0.6) is 0 Å². The van der Waals surface area contributed by atoms with E-state index >= 15 is 0 Å². The van der Waals surface area contributed by atoms with Gasteiger partial charge in [-0.25, -0.2) is 0 Å². The highest BCUT2D eigenvalue weighted by Crippen LogP contribution is 2.34.